The molecule has 2 aromatic rings. The summed E-state index contributed by atoms with van der Waals surface area (Å²) in [4.78, 5) is 14.0. The molecule has 1 aromatic heterocycles. The van der Waals surface area contributed by atoms with Crippen molar-refractivity contribution in [2.75, 3.05) is 13.1 Å². The zero-order valence-corrected chi connectivity index (χ0v) is 16.5. The van der Waals surface area contributed by atoms with Crippen molar-refractivity contribution in [2.24, 2.45) is 0 Å². The van der Waals surface area contributed by atoms with Crippen molar-refractivity contribution >= 4 is 22.6 Å². The van der Waals surface area contributed by atoms with Crippen LogP contribution in [0.25, 0.3) is 11.0 Å². The molecule has 1 aliphatic heterocycles. The molecule has 1 aromatic carbocycles. The van der Waals surface area contributed by atoms with Crippen LogP contribution in [0.15, 0.2) is 15.3 Å². The maximum Gasteiger partial charge on any atom is 0.339 e. The Morgan fingerprint density at radius 1 is 1.19 bits per heavy atom. The van der Waals surface area contributed by atoms with Gasteiger partial charge >= 0.3 is 5.63 Å². The van der Waals surface area contributed by atoms with Crippen LogP contribution in [0.3, 0.4) is 0 Å². The minimum Gasteiger partial charge on any atom is -0.871 e. The fourth-order valence-electron chi connectivity index (χ4n) is 4.01. The predicted molar refractivity (Wildman–Crippen MR) is 103 cm³/mol. The van der Waals surface area contributed by atoms with Crippen molar-refractivity contribution < 1.29 is 14.4 Å². The molecule has 1 aliphatic rings. The molecule has 0 radical (unpaired) electrons. The number of hydrogen-bond acceptors (Lipinski definition) is 3. The van der Waals surface area contributed by atoms with Crippen LogP contribution in [-0.4, -0.2) is 13.1 Å². The van der Waals surface area contributed by atoms with E-state index in [0.717, 1.165) is 48.9 Å². The van der Waals surface area contributed by atoms with Crippen LogP contribution in [0.2, 0.25) is 5.02 Å². The molecule has 5 heteroatoms. The molecule has 0 aliphatic carbocycles. The maximum atomic E-state index is 12.6. The number of quaternary nitrogens is 1. The first kappa shape index (κ1) is 19.2. The lowest BCUT2D eigenvalue weighted by atomic mass is 9.98. The third kappa shape index (κ3) is 3.91. The van der Waals surface area contributed by atoms with Crippen molar-refractivity contribution in [3.05, 3.63) is 38.2 Å². The van der Waals surface area contributed by atoms with E-state index in [9.17, 15) is 9.90 Å². The Bertz CT molecular complexity index is 837. The third-order valence-electron chi connectivity index (χ3n) is 5.60. The lowest BCUT2D eigenvalue weighted by Crippen LogP contribution is -3.08. The molecule has 0 atom stereocenters. The van der Waals surface area contributed by atoms with E-state index in [2.05, 4.69) is 6.92 Å². The molecule has 142 valence electrons. The Hall–Kier alpha value is -1.52. The standard InChI is InChI=1S/C21H28ClNO3/c1-3-4-5-6-9-15-14(2)16-12-18(22)19(24)17(20(16)26-21(15)25)13-23-10-7-8-11-23/h12,24H,3-11,13H2,1-2H3. The van der Waals surface area contributed by atoms with Gasteiger partial charge in [0, 0.05) is 34.4 Å². The molecule has 4 nitrogen and oxygen atoms in total. The van der Waals surface area contributed by atoms with Crippen LogP contribution >= 0.6 is 11.6 Å². The van der Waals surface area contributed by atoms with Gasteiger partial charge in [0.25, 0.3) is 0 Å². The summed E-state index contributed by atoms with van der Waals surface area (Å²) in [6.45, 7) is 6.79. The van der Waals surface area contributed by atoms with Gasteiger partial charge in [-0.2, -0.15) is 0 Å². The highest BCUT2D eigenvalue weighted by atomic mass is 35.5. The maximum absolute atomic E-state index is 12.6. The molecule has 1 saturated heterocycles. The number of hydrogen-bond donors (Lipinski definition) is 1. The van der Waals surface area contributed by atoms with Gasteiger partial charge in [-0.05, 0) is 31.4 Å². The fraction of sp³-hybridized carbons (Fsp3) is 0.571. The van der Waals surface area contributed by atoms with Crippen LogP contribution in [-0.2, 0) is 13.0 Å². The van der Waals surface area contributed by atoms with Crippen LogP contribution in [0, 0.1) is 6.92 Å². The van der Waals surface area contributed by atoms with Crippen LogP contribution in [0.5, 0.6) is 5.75 Å². The smallest absolute Gasteiger partial charge is 0.339 e. The number of nitrogens with one attached hydrogen (secondary N) is 1. The van der Waals surface area contributed by atoms with E-state index in [4.69, 9.17) is 16.0 Å². The highest BCUT2D eigenvalue weighted by Gasteiger charge is 2.21. The molecule has 0 spiro atoms. The second-order valence-electron chi connectivity index (χ2n) is 7.48. The SMILES string of the molecule is CCCCCCc1c(C)c2cc(Cl)c([O-])c(C[NH+]3CCCC3)c2oc1=O. The first-order valence-corrected chi connectivity index (χ1v) is 10.2. The second kappa shape index (κ2) is 8.45. The topological polar surface area (TPSA) is 57.7 Å². The Morgan fingerprint density at radius 2 is 1.92 bits per heavy atom. The molecule has 1 N–H and O–H groups in total. The van der Waals surface area contributed by atoms with Gasteiger partial charge in [-0.25, -0.2) is 4.79 Å². The zero-order chi connectivity index (χ0) is 18.7. The van der Waals surface area contributed by atoms with Gasteiger partial charge in [-0.15, -0.1) is 0 Å². The van der Waals surface area contributed by atoms with Gasteiger partial charge in [0.2, 0.25) is 0 Å². The number of unbranched alkanes of at least 4 members (excludes halogenated alkanes) is 3. The number of aryl methyl sites for hydroxylation is 1. The normalized spacial score (nSPS) is 15.2. The highest BCUT2D eigenvalue weighted by Crippen LogP contribution is 2.34. The largest absolute Gasteiger partial charge is 0.871 e. The molecular formula is C21H28ClNO3. The van der Waals surface area contributed by atoms with E-state index in [1.165, 1.54) is 24.2 Å². The van der Waals surface area contributed by atoms with E-state index >= 15 is 0 Å². The number of rotatable bonds is 7. The van der Waals surface area contributed by atoms with E-state index in [0.29, 0.717) is 24.1 Å². The summed E-state index contributed by atoms with van der Waals surface area (Å²) in [6, 6.07) is 1.68. The number of fused-ring (bicyclic) bond motifs is 1. The van der Waals surface area contributed by atoms with Crippen LogP contribution < -0.4 is 15.6 Å². The van der Waals surface area contributed by atoms with Crippen LogP contribution in [0.1, 0.15) is 62.1 Å². The predicted octanol–water partition coefficient (Wildman–Crippen LogP) is 3.13. The van der Waals surface area contributed by atoms with E-state index in [-0.39, 0.29) is 16.4 Å². The van der Waals surface area contributed by atoms with Gasteiger partial charge in [0.05, 0.1) is 13.1 Å². The average Bonchev–Trinajstić information content (AvgIpc) is 3.12. The summed E-state index contributed by atoms with van der Waals surface area (Å²) in [7, 11) is 0. The molecule has 26 heavy (non-hydrogen) atoms. The van der Waals surface area contributed by atoms with Crippen molar-refractivity contribution in [3.63, 3.8) is 0 Å². The third-order valence-corrected chi connectivity index (χ3v) is 5.88. The molecule has 2 heterocycles. The summed E-state index contributed by atoms with van der Waals surface area (Å²) in [5.41, 5.74) is 2.33. The van der Waals surface area contributed by atoms with Crippen LogP contribution in [0.4, 0.5) is 0 Å². The molecule has 0 amide bonds. The van der Waals surface area contributed by atoms with Gasteiger partial charge < -0.3 is 14.4 Å². The Labute approximate surface area is 159 Å². The van der Waals surface area contributed by atoms with Gasteiger partial charge in [-0.3, -0.25) is 0 Å². The molecular weight excluding hydrogens is 350 g/mol. The fourth-order valence-corrected chi connectivity index (χ4v) is 4.24. The lowest BCUT2D eigenvalue weighted by molar-refractivity contribution is -0.901. The highest BCUT2D eigenvalue weighted by molar-refractivity contribution is 6.33. The monoisotopic (exact) mass is 377 g/mol. The summed E-state index contributed by atoms with van der Waals surface area (Å²) in [5.74, 6) is -0.197. The summed E-state index contributed by atoms with van der Waals surface area (Å²) in [5, 5.41) is 13.7. The number of likely N-dealkylation sites (tertiary alicyclic amines) is 1. The average molecular weight is 378 g/mol. The van der Waals surface area contributed by atoms with E-state index in [1.807, 2.05) is 6.92 Å². The second-order valence-corrected chi connectivity index (χ2v) is 7.89. The zero-order valence-electron chi connectivity index (χ0n) is 15.8. The van der Waals surface area contributed by atoms with Gasteiger partial charge in [0.15, 0.2) is 0 Å². The van der Waals surface area contributed by atoms with Crippen molar-refractivity contribution in [1.82, 2.24) is 0 Å². The Morgan fingerprint density at radius 3 is 2.62 bits per heavy atom. The van der Waals surface area contributed by atoms with E-state index in [1.54, 1.807) is 6.07 Å². The van der Waals surface area contributed by atoms with Gasteiger partial charge in [0.1, 0.15) is 12.1 Å². The lowest BCUT2D eigenvalue weighted by Gasteiger charge is -2.21. The Kier molecular flexibility index (Phi) is 6.25. The molecule has 3 rings (SSSR count). The quantitative estimate of drug-likeness (QED) is 0.595. The molecule has 1 fully saturated rings. The van der Waals surface area contributed by atoms with E-state index < -0.39 is 0 Å². The number of halogens is 1. The minimum atomic E-state index is -0.300. The molecule has 0 bridgehead atoms. The van der Waals surface area contributed by atoms with Crippen molar-refractivity contribution in [1.29, 1.82) is 0 Å². The minimum absolute atomic E-state index is 0.197. The first-order chi connectivity index (χ1) is 12.5. The van der Waals surface area contributed by atoms with Crippen molar-refractivity contribution in [2.45, 2.75) is 65.3 Å². The molecule has 0 unspecified atom stereocenters. The van der Waals surface area contributed by atoms with Gasteiger partial charge in [-0.1, -0.05) is 43.5 Å². The Balaban J connectivity index is 2.02. The first-order valence-electron chi connectivity index (χ1n) is 9.81. The van der Waals surface area contributed by atoms with Crippen molar-refractivity contribution in [3.8, 4) is 5.75 Å². The molecule has 0 saturated carbocycles. The summed E-state index contributed by atoms with van der Waals surface area (Å²) in [6.07, 6.45) is 7.48. The number of benzene rings is 1. The summed E-state index contributed by atoms with van der Waals surface area (Å²) >= 11 is 6.25. The summed E-state index contributed by atoms with van der Waals surface area (Å²) < 4.78 is 5.68.